The number of hydrogen-bond acceptors (Lipinski definition) is 9. The fourth-order valence-corrected chi connectivity index (χ4v) is 9.31. The van der Waals surface area contributed by atoms with Gasteiger partial charge in [0.25, 0.3) is 11.4 Å². The molecule has 0 N–H and O–H groups in total. The zero-order chi connectivity index (χ0) is 37.3. The fourth-order valence-electron chi connectivity index (χ4n) is 7.15. The SMILES string of the molecule is [C-]#[N+]C(C#N)=C1/C(=C/c2nc3c(s2)-c2sc(/C=C4\C(=O)c5cc(F)c(F)cc5\C4=C(\C#N)[N+]#[C-])nc2C2(CCCCC2)O3)C(=O)c2cc(F)c(F)cc21. The van der Waals surface area contributed by atoms with Crippen LogP contribution in [0.2, 0.25) is 0 Å². The average Bonchev–Trinajstić information content (AvgIpc) is 3.88. The largest absolute Gasteiger partial charge is 0.463 e. The van der Waals surface area contributed by atoms with Gasteiger partial charge in [-0.1, -0.05) is 6.42 Å². The van der Waals surface area contributed by atoms with Crippen LogP contribution in [0.1, 0.15) is 79.7 Å². The lowest BCUT2D eigenvalue weighted by molar-refractivity contribution is 0.0168. The van der Waals surface area contributed by atoms with Crippen LogP contribution in [-0.2, 0) is 5.60 Å². The van der Waals surface area contributed by atoms with Gasteiger partial charge in [-0.15, -0.1) is 22.7 Å². The number of halogens is 4. The van der Waals surface area contributed by atoms with E-state index in [4.69, 9.17) is 22.9 Å². The molecule has 1 aliphatic heterocycles. The predicted octanol–water partition coefficient (Wildman–Crippen LogP) is 9.24. The van der Waals surface area contributed by atoms with Crippen LogP contribution < -0.4 is 4.74 Å². The zero-order valence-corrected chi connectivity index (χ0v) is 28.4. The number of rotatable bonds is 2. The van der Waals surface area contributed by atoms with Crippen molar-refractivity contribution in [1.29, 1.82) is 10.5 Å². The number of benzene rings is 2. The molecule has 3 heterocycles. The smallest absolute Gasteiger partial charge is 0.270 e. The third-order valence-corrected chi connectivity index (χ3v) is 11.6. The Morgan fingerprint density at radius 1 is 0.736 bits per heavy atom. The third-order valence-electron chi connectivity index (χ3n) is 9.47. The van der Waals surface area contributed by atoms with E-state index in [1.54, 1.807) is 12.1 Å². The molecule has 0 atom stereocenters. The second kappa shape index (κ2) is 12.3. The minimum Gasteiger partial charge on any atom is -0.463 e. The molecule has 15 heteroatoms. The van der Waals surface area contributed by atoms with E-state index >= 15 is 0 Å². The van der Waals surface area contributed by atoms with Gasteiger partial charge in [0.2, 0.25) is 5.88 Å². The Hall–Kier alpha value is -6.52. The summed E-state index contributed by atoms with van der Waals surface area (Å²) in [5, 5.41) is 19.9. The highest BCUT2D eigenvalue weighted by Crippen LogP contribution is 2.55. The van der Waals surface area contributed by atoms with Crippen LogP contribution in [0.5, 0.6) is 5.88 Å². The first-order chi connectivity index (χ1) is 25.5. The highest BCUT2D eigenvalue weighted by molar-refractivity contribution is 7.23. The number of thiazole rings is 2. The minimum absolute atomic E-state index is 0.0798. The zero-order valence-electron chi connectivity index (χ0n) is 26.7. The summed E-state index contributed by atoms with van der Waals surface area (Å²) in [5.41, 5.74) is -2.44. The van der Waals surface area contributed by atoms with Gasteiger partial charge in [0, 0.05) is 33.4 Å². The highest BCUT2D eigenvalue weighted by atomic mass is 32.1. The molecule has 8 rings (SSSR count). The van der Waals surface area contributed by atoms with Crippen LogP contribution in [-0.4, -0.2) is 21.5 Å². The maximum absolute atomic E-state index is 14.3. The van der Waals surface area contributed by atoms with E-state index in [0.29, 0.717) is 28.3 Å². The van der Waals surface area contributed by atoms with Crippen LogP contribution in [0.3, 0.4) is 0 Å². The van der Waals surface area contributed by atoms with E-state index in [1.807, 2.05) is 0 Å². The van der Waals surface area contributed by atoms with Crippen LogP contribution in [0.4, 0.5) is 17.6 Å². The van der Waals surface area contributed by atoms with Gasteiger partial charge in [0.05, 0.1) is 30.2 Å². The van der Waals surface area contributed by atoms with Crippen molar-refractivity contribution >= 4 is 57.5 Å². The molecule has 3 aliphatic carbocycles. The topological polar surface area (TPSA) is 125 Å². The Labute approximate surface area is 305 Å². The first kappa shape index (κ1) is 33.6. The number of ketones is 2. The van der Waals surface area contributed by atoms with Gasteiger partial charge < -0.3 is 4.74 Å². The molecular formula is C38H16F4N6O3S2. The van der Waals surface area contributed by atoms with E-state index in [-0.39, 0.29) is 60.4 Å². The molecule has 1 spiro atoms. The van der Waals surface area contributed by atoms with Crippen molar-refractivity contribution in [2.45, 2.75) is 37.7 Å². The third kappa shape index (κ3) is 5.05. The van der Waals surface area contributed by atoms with Gasteiger partial charge in [-0.2, -0.15) is 0 Å². The molecule has 0 bridgehead atoms. The second-order valence-electron chi connectivity index (χ2n) is 12.4. The Morgan fingerprint density at radius 3 is 1.66 bits per heavy atom. The number of carbonyl (C=O) groups is 2. The van der Waals surface area contributed by atoms with Gasteiger partial charge in [-0.05, 0) is 73.2 Å². The molecular weight excluding hydrogens is 729 g/mol. The minimum atomic E-state index is -1.26. The van der Waals surface area contributed by atoms with Crippen LogP contribution in [0.25, 0.3) is 42.7 Å². The van der Waals surface area contributed by atoms with Gasteiger partial charge in [-0.25, -0.2) is 47.7 Å². The Bertz CT molecular complexity index is 2690. The summed E-state index contributed by atoms with van der Waals surface area (Å²) in [5.74, 6) is -6.22. The number of Topliss-reactive ketones (excluding diaryl/α,β-unsaturated/α-hetero) is 2. The molecule has 53 heavy (non-hydrogen) atoms. The summed E-state index contributed by atoms with van der Waals surface area (Å²) < 4.78 is 63.7. The van der Waals surface area contributed by atoms with Gasteiger partial charge in [-0.3, -0.25) is 9.59 Å². The van der Waals surface area contributed by atoms with Crippen molar-refractivity contribution in [1.82, 2.24) is 9.97 Å². The second-order valence-corrected chi connectivity index (χ2v) is 14.4. The number of fused-ring (bicyclic) bond motifs is 6. The van der Waals surface area contributed by atoms with E-state index < -0.39 is 51.8 Å². The Balaban J connectivity index is 1.28. The lowest BCUT2D eigenvalue weighted by Gasteiger charge is -2.38. The summed E-state index contributed by atoms with van der Waals surface area (Å²) in [7, 11) is 0. The summed E-state index contributed by atoms with van der Waals surface area (Å²) >= 11 is 2.27. The fraction of sp³-hybridized carbons (Fsp3) is 0.158. The normalized spacial score (nSPS) is 19.8. The van der Waals surface area contributed by atoms with Crippen LogP contribution in [0.15, 0.2) is 46.8 Å². The van der Waals surface area contributed by atoms with Gasteiger partial charge in [0.15, 0.2) is 40.4 Å². The highest BCUT2D eigenvalue weighted by Gasteiger charge is 2.47. The number of allylic oxidation sites excluding steroid dienone is 6. The van der Waals surface area contributed by atoms with Crippen molar-refractivity contribution in [2.24, 2.45) is 0 Å². The Kier molecular flexibility index (Phi) is 7.81. The van der Waals surface area contributed by atoms with Gasteiger partial charge in [0.1, 0.15) is 20.6 Å². The molecule has 0 radical (unpaired) electrons. The monoisotopic (exact) mass is 744 g/mol. The van der Waals surface area contributed by atoms with E-state index in [2.05, 4.69) is 14.7 Å². The molecule has 4 aromatic rings. The lowest BCUT2D eigenvalue weighted by Crippen LogP contribution is -2.38. The van der Waals surface area contributed by atoms with Crippen LogP contribution >= 0.6 is 22.7 Å². The summed E-state index contributed by atoms with van der Waals surface area (Å²) in [6, 6.07) is 6.52. The summed E-state index contributed by atoms with van der Waals surface area (Å²) in [6.07, 6.45) is 6.44. The molecule has 9 nitrogen and oxygen atoms in total. The Morgan fingerprint density at radius 2 is 1.19 bits per heavy atom. The maximum atomic E-state index is 14.3. The number of nitrogens with zero attached hydrogens (tertiary/aromatic N) is 6. The number of aromatic nitrogens is 2. The number of ether oxygens (including phenoxy) is 1. The molecule has 256 valence electrons. The molecule has 0 amide bonds. The molecule has 0 saturated heterocycles. The molecule has 4 aliphatic rings. The lowest BCUT2D eigenvalue weighted by atomic mass is 9.80. The summed E-state index contributed by atoms with van der Waals surface area (Å²) in [6.45, 7) is 15.0. The molecule has 2 aromatic heterocycles. The first-order valence-electron chi connectivity index (χ1n) is 15.8. The van der Waals surface area contributed by atoms with Crippen molar-refractivity contribution < 1.29 is 31.9 Å². The van der Waals surface area contributed by atoms with Crippen molar-refractivity contribution in [3.63, 3.8) is 0 Å². The van der Waals surface area contributed by atoms with E-state index in [9.17, 15) is 37.7 Å². The average molecular weight is 745 g/mol. The first-order valence-corrected chi connectivity index (χ1v) is 17.4. The van der Waals surface area contributed by atoms with E-state index in [0.717, 1.165) is 54.9 Å². The van der Waals surface area contributed by atoms with Gasteiger partial charge >= 0.3 is 0 Å². The number of nitriles is 2. The van der Waals surface area contributed by atoms with Crippen molar-refractivity contribution in [2.75, 3.05) is 0 Å². The summed E-state index contributed by atoms with van der Waals surface area (Å²) in [4.78, 5) is 44.3. The molecule has 0 unspecified atom stereocenters. The van der Waals surface area contributed by atoms with Crippen molar-refractivity contribution in [3.8, 4) is 27.8 Å². The molecule has 2 aromatic carbocycles. The van der Waals surface area contributed by atoms with Crippen molar-refractivity contribution in [3.05, 3.63) is 131 Å². The number of hydrogen-bond donors (Lipinski definition) is 0. The number of carbonyl (C=O) groups excluding carboxylic acids is 2. The van der Waals surface area contributed by atoms with E-state index in [1.165, 1.54) is 23.5 Å². The predicted molar refractivity (Wildman–Crippen MR) is 184 cm³/mol. The molecule has 1 saturated carbocycles. The molecule has 1 fully saturated rings. The maximum Gasteiger partial charge on any atom is 0.270 e. The quantitative estimate of drug-likeness (QED) is 0.0867. The van der Waals surface area contributed by atoms with Crippen LogP contribution in [0, 0.1) is 59.1 Å². The standard InChI is InChI=1S/C38H16F4N6O3S2/c1-45-26(14-43)30-16-8-22(39)24(41)10-18(16)32(49)20(30)12-28-47-36-34(52-28)35-37(51-38(36)6-4-3-5-7-38)48-29(53-35)13-21-31(27(15-44)46-2)17-9-23(40)25(42)11-19(17)33(21)50/h8-13H,3-7H2/b20-12-,21-13-,30-26+,31-27?.